The molecule has 0 aromatic heterocycles. The Morgan fingerprint density at radius 2 is 0.938 bits per heavy atom. The Bertz CT molecular complexity index is 853. The third kappa shape index (κ3) is 35.1. The molecule has 4 heteroatoms. The van der Waals surface area contributed by atoms with Crippen molar-refractivity contribution in [3.8, 4) is 0 Å². The van der Waals surface area contributed by atoms with Gasteiger partial charge in [0.25, 0.3) is 0 Å². The van der Waals surface area contributed by atoms with Gasteiger partial charge in [0.15, 0.2) is 0 Å². The largest absolute Gasteiger partial charge is 0.394 e. The summed E-state index contributed by atoms with van der Waals surface area (Å²) >= 11 is 0. The Balaban J connectivity index is 3.54. The summed E-state index contributed by atoms with van der Waals surface area (Å²) < 4.78 is 0. The molecule has 0 fully saturated rings. The molecule has 3 N–H and O–H groups in total. The van der Waals surface area contributed by atoms with Gasteiger partial charge < -0.3 is 15.5 Å². The van der Waals surface area contributed by atoms with E-state index in [2.05, 4.69) is 79.9 Å². The highest BCUT2D eigenvalue weighted by molar-refractivity contribution is 5.76. The minimum absolute atomic E-state index is 0.0811. The summed E-state index contributed by atoms with van der Waals surface area (Å²) in [5.74, 6) is -0.0811. The van der Waals surface area contributed by atoms with Crippen LogP contribution in [-0.2, 0) is 4.79 Å². The average molecular weight is 668 g/mol. The van der Waals surface area contributed by atoms with Gasteiger partial charge in [-0.3, -0.25) is 4.79 Å². The van der Waals surface area contributed by atoms with Gasteiger partial charge in [-0.15, -0.1) is 0 Å². The lowest BCUT2D eigenvalue weighted by atomic mass is 10.0. The number of carbonyl (C=O) groups is 1. The van der Waals surface area contributed by atoms with Crippen LogP contribution in [0.25, 0.3) is 0 Å². The Morgan fingerprint density at radius 1 is 0.521 bits per heavy atom. The summed E-state index contributed by atoms with van der Waals surface area (Å²) in [6.07, 6.45) is 55.8. The van der Waals surface area contributed by atoms with E-state index in [0.29, 0.717) is 6.42 Å². The third-order valence-electron chi connectivity index (χ3n) is 8.67. The van der Waals surface area contributed by atoms with Crippen molar-refractivity contribution in [3.63, 3.8) is 0 Å². The summed E-state index contributed by atoms with van der Waals surface area (Å²) in [6, 6.07) is -0.639. The number of carbonyl (C=O) groups excluding carboxylic acids is 1. The second-order valence-electron chi connectivity index (χ2n) is 13.3. The van der Waals surface area contributed by atoms with Gasteiger partial charge >= 0.3 is 0 Å². The highest BCUT2D eigenvalue weighted by Gasteiger charge is 2.17. The molecule has 0 spiro atoms. The minimum Gasteiger partial charge on any atom is -0.394 e. The van der Waals surface area contributed by atoms with E-state index in [4.69, 9.17) is 0 Å². The van der Waals surface area contributed by atoms with Gasteiger partial charge in [0.05, 0.1) is 18.8 Å². The molecule has 0 aromatic carbocycles. The zero-order valence-corrected chi connectivity index (χ0v) is 31.5. The lowest BCUT2D eigenvalue weighted by Crippen LogP contribution is -2.45. The molecule has 0 saturated heterocycles. The fourth-order valence-corrected chi connectivity index (χ4v) is 5.59. The molecule has 0 heterocycles. The standard InChI is InChI=1S/C44H77NO3/c1-3-5-7-9-11-13-14-15-16-17-18-19-20-21-22-23-24-25-26-27-28-29-30-32-34-36-38-40-44(48)45-42(41-46)43(47)39-37-35-33-31-12-10-8-6-4-2/h5,7,11-13,15-16,18-19,31,37,39,42-43,46-47H,3-4,6,8-10,14,17,20-30,32-36,38,40-41H2,1-2H3,(H,45,48)/b7-5-,13-11-,16-15-,19-18-,31-12+,39-37+. The number of unbranched alkanes of at least 4 members (excludes halogenated alkanes) is 18. The van der Waals surface area contributed by atoms with Crippen LogP contribution in [0.2, 0.25) is 0 Å². The Morgan fingerprint density at radius 3 is 1.46 bits per heavy atom. The number of hydrogen-bond donors (Lipinski definition) is 3. The second kappa shape index (κ2) is 39.3. The zero-order chi connectivity index (χ0) is 35.0. The normalized spacial score (nSPS) is 13.8. The first-order valence-corrected chi connectivity index (χ1v) is 20.2. The van der Waals surface area contributed by atoms with Crippen molar-refractivity contribution in [2.75, 3.05) is 6.61 Å². The van der Waals surface area contributed by atoms with E-state index in [1.807, 2.05) is 6.08 Å². The fraction of sp³-hybridized carbons (Fsp3) is 0.705. The van der Waals surface area contributed by atoms with Crippen LogP contribution in [-0.4, -0.2) is 34.9 Å². The van der Waals surface area contributed by atoms with Crippen LogP contribution in [0.4, 0.5) is 0 Å². The van der Waals surface area contributed by atoms with Crippen molar-refractivity contribution in [2.24, 2.45) is 0 Å². The van der Waals surface area contributed by atoms with Crippen molar-refractivity contribution in [3.05, 3.63) is 72.9 Å². The molecule has 1 amide bonds. The van der Waals surface area contributed by atoms with E-state index in [1.165, 1.54) is 103 Å². The van der Waals surface area contributed by atoms with Gasteiger partial charge in [-0.05, 0) is 70.6 Å². The first-order valence-electron chi connectivity index (χ1n) is 20.2. The van der Waals surface area contributed by atoms with E-state index < -0.39 is 12.1 Å². The van der Waals surface area contributed by atoms with Crippen molar-refractivity contribution in [1.82, 2.24) is 5.32 Å². The maximum atomic E-state index is 12.3. The Labute approximate surface area is 298 Å². The summed E-state index contributed by atoms with van der Waals surface area (Å²) in [7, 11) is 0. The van der Waals surface area contributed by atoms with E-state index >= 15 is 0 Å². The average Bonchev–Trinajstić information content (AvgIpc) is 3.09. The highest BCUT2D eigenvalue weighted by Crippen LogP contribution is 2.14. The zero-order valence-electron chi connectivity index (χ0n) is 31.5. The number of allylic oxidation sites excluding steroid dienone is 11. The van der Waals surface area contributed by atoms with Crippen molar-refractivity contribution in [1.29, 1.82) is 0 Å². The van der Waals surface area contributed by atoms with Gasteiger partial charge in [0.2, 0.25) is 5.91 Å². The van der Waals surface area contributed by atoms with Crippen molar-refractivity contribution in [2.45, 2.75) is 193 Å². The first-order chi connectivity index (χ1) is 23.7. The molecule has 0 bridgehead atoms. The van der Waals surface area contributed by atoms with Crippen molar-refractivity contribution < 1.29 is 15.0 Å². The molecule has 276 valence electrons. The number of aliphatic hydroxyl groups excluding tert-OH is 2. The molecule has 2 atom stereocenters. The molecule has 0 aromatic rings. The van der Waals surface area contributed by atoms with Crippen LogP contribution in [0.1, 0.15) is 181 Å². The highest BCUT2D eigenvalue weighted by atomic mass is 16.3. The summed E-state index contributed by atoms with van der Waals surface area (Å²) in [4.78, 5) is 12.3. The number of rotatable bonds is 35. The summed E-state index contributed by atoms with van der Waals surface area (Å²) in [6.45, 7) is 4.12. The molecule has 0 radical (unpaired) electrons. The lowest BCUT2D eigenvalue weighted by Gasteiger charge is -2.19. The Hall–Kier alpha value is -2.17. The van der Waals surface area contributed by atoms with Gasteiger partial charge in [-0.2, -0.15) is 0 Å². The van der Waals surface area contributed by atoms with Crippen LogP contribution in [0.15, 0.2) is 72.9 Å². The Kier molecular flexibility index (Phi) is 37.5. The van der Waals surface area contributed by atoms with E-state index in [9.17, 15) is 15.0 Å². The fourth-order valence-electron chi connectivity index (χ4n) is 5.59. The number of nitrogens with one attached hydrogen (secondary N) is 1. The molecule has 0 rings (SSSR count). The van der Waals surface area contributed by atoms with E-state index in [-0.39, 0.29) is 12.5 Å². The topological polar surface area (TPSA) is 69.6 Å². The first kappa shape index (κ1) is 45.8. The predicted molar refractivity (Wildman–Crippen MR) is 211 cm³/mol. The van der Waals surface area contributed by atoms with Gasteiger partial charge in [-0.25, -0.2) is 0 Å². The van der Waals surface area contributed by atoms with Crippen LogP contribution in [0, 0.1) is 0 Å². The molecule has 4 nitrogen and oxygen atoms in total. The van der Waals surface area contributed by atoms with Gasteiger partial charge in [0.1, 0.15) is 0 Å². The maximum absolute atomic E-state index is 12.3. The van der Waals surface area contributed by atoms with Crippen LogP contribution in [0.5, 0.6) is 0 Å². The number of hydrogen-bond acceptors (Lipinski definition) is 3. The molecule has 0 aliphatic rings. The van der Waals surface area contributed by atoms with Gasteiger partial charge in [0, 0.05) is 6.42 Å². The summed E-state index contributed by atoms with van der Waals surface area (Å²) in [5.41, 5.74) is 0. The third-order valence-corrected chi connectivity index (χ3v) is 8.67. The molecular formula is C44H77NO3. The molecular weight excluding hydrogens is 590 g/mol. The molecule has 0 saturated carbocycles. The quantitative estimate of drug-likeness (QED) is 0.0465. The summed E-state index contributed by atoms with van der Waals surface area (Å²) in [5, 5.41) is 22.8. The van der Waals surface area contributed by atoms with Crippen LogP contribution < -0.4 is 5.32 Å². The second-order valence-corrected chi connectivity index (χ2v) is 13.3. The molecule has 0 aliphatic heterocycles. The van der Waals surface area contributed by atoms with E-state index in [0.717, 1.165) is 57.8 Å². The van der Waals surface area contributed by atoms with Crippen molar-refractivity contribution >= 4 is 5.91 Å². The predicted octanol–water partition coefficient (Wildman–Crippen LogP) is 12.3. The minimum atomic E-state index is -0.862. The van der Waals surface area contributed by atoms with Gasteiger partial charge in [-0.1, -0.05) is 177 Å². The molecule has 48 heavy (non-hydrogen) atoms. The lowest BCUT2D eigenvalue weighted by molar-refractivity contribution is -0.123. The SMILES string of the molecule is CC/C=C\C/C=C\C/C=C\C/C=C\CCCCCCCCCCCCCCCCC(=O)NC(CO)C(O)/C=C/CC/C=C/CCCCC. The molecule has 0 aliphatic carbocycles. The van der Waals surface area contributed by atoms with Crippen LogP contribution in [0.3, 0.4) is 0 Å². The number of aliphatic hydroxyl groups is 2. The molecule has 2 unspecified atom stereocenters. The number of amides is 1. The van der Waals surface area contributed by atoms with Crippen LogP contribution >= 0.6 is 0 Å². The maximum Gasteiger partial charge on any atom is 0.220 e. The monoisotopic (exact) mass is 668 g/mol. The van der Waals surface area contributed by atoms with E-state index in [1.54, 1.807) is 6.08 Å². The smallest absolute Gasteiger partial charge is 0.220 e.